The van der Waals surface area contributed by atoms with Crippen molar-refractivity contribution in [1.29, 1.82) is 0 Å². The normalized spacial score (nSPS) is 20.4. The summed E-state index contributed by atoms with van der Waals surface area (Å²) in [5.74, 6) is 1.10. The van der Waals surface area contributed by atoms with Crippen LogP contribution in [0.25, 0.3) is 0 Å². The van der Waals surface area contributed by atoms with Gasteiger partial charge in [0.2, 0.25) is 6.17 Å². The summed E-state index contributed by atoms with van der Waals surface area (Å²) in [5.41, 5.74) is 2.75. The summed E-state index contributed by atoms with van der Waals surface area (Å²) < 4.78 is 48.0. The Bertz CT molecular complexity index is 863. The molecule has 1 atom stereocenters. The molecule has 0 aliphatic heterocycles. The number of rotatable bonds is 10. The first-order chi connectivity index (χ1) is 15.4. The van der Waals surface area contributed by atoms with Crippen molar-refractivity contribution in [3.8, 4) is 0 Å². The monoisotopic (exact) mass is 442 g/mol. The Balaban J connectivity index is 1.53. The van der Waals surface area contributed by atoms with E-state index >= 15 is 0 Å². The van der Waals surface area contributed by atoms with Gasteiger partial charge in [-0.3, -0.25) is 0 Å². The molecule has 0 amide bonds. The second-order valence-corrected chi connectivity index (χ2v) is 8.65. The lowest BCUT2D eigenvalue weighted by Gasteiger charge is -2.27. The van der Waals surface area contributed by atoms with Crippen LogP contribution in [0.2, 0.25) is 0 Å². The van der Waals surface area contributed by atoms with E-state index in [2.05, 4.69) is 6.58 Å². The van der Waals surface area contributed by atoms with E-state index in [1.54, 1.807) is 24.3 Å². The van der Waals surface area contributed by atoms with Gasteiger partial charge < -0.3 is 4.74 Å². The molecule has 0 aromatic heterocycles. The van der Waals surface area contributed by atoms with E-state index in [9.17, 15) is 13.2 Å². The topological polar surface area (TPSA) is 9.23 Å². The molecule has 0 radical (unpaired) electrons. The smallest absolute Gasteiger partial charge is 0.313 e. The highest BCUT2D eigenvalue weighted by molar-refractivity contribution is 5.27. The fraction of sp³-hybridized carbons (Fsp3) is 0.429. The van der Waals surface area contributed by atoms with E-state index in [0.717, 1.165) is 44.1 Å². The largest absolute Gasteiger partial charge is 0.391 e. The molecular weight excluding hydrogens is 409 g/mol. The van der Waals surface area contributed by atoms with Crippen molar-refractivity contribution in [1.82, 2.24) is 0 Å². The third-order valence-electron chi connectivity index (χ3n) is 6.39. The van der Waals surface area contributed by atoms with Crippen molar-refractivity contribution in [2.75, 3.05) is 0 Å². The minimum Gasteiger partial charge on any atom is -0.313 e. The molecule has 32 heavy (non-hydrogen) atoms. The molecule has 0 bridgehead atoms. The van der Waals surface area contributed by atoms with Crippen LogP contribution in [0.15, 0.2) is 73.3 Å². The second-order valence-electron chi connectivity index (χ2n) is 8.65. The van der Waals surface area contributed by atoms with Gasteiger partial charge in [0.15, 0.2) is 0 Å². The summed E-state index contributed by atoms with van der Waals surface area (Å²) in [4.78, 5) is 0. The standard InChI is InChI=1S/C28H33F3O/c1-3-5-6-7-22-10-18-26(19-11-22)27(29)28(30,31)32-20-23-12-16-25(17-13-23)24-14-8-21(4-2)9-15-24/h3-5,10-13,16-19,21,24,27H,2,6-9,14-15,20H2,1H3. The summed E-state index contributed by atoms with van der Waals surface area (Å²) in [6.45, 7) is 5.49. The van der Waals surface area contributed by atoms with E-state index in [1.165, 1.54) is 17.7 Å². The molecule has 1 unspecified atom stereocenters. The van der Waals surface area contributed by atoms with Crippen LogP contribution in [-0.4, -0.2) is 6.11 Å². The highest BCUT2D eigenvalue weighted by atomic mass is 19.3. The Morgan fingerprint density at radius 2 is 1.62 bits per heavy atom. The third kappa shape index (κ3) is 6.59. The molecule has 0 heterocycles. The van der Waals surface area contributed by atoms with Crippen LogP contribution in [0.5, 0.6) is 0 Å². The lowest BCUT2D eigenvalue weighted by atomic mass is 9.79. The number of benzene rings is 2. The molecule has 2 aromatic carbocycles. The predicted octanol–water partition coefficient (Wildman–Crippen LogP) is 8.48. The number of aryl methyl sites for hydroxylation is 1. The quantitative estimate of drug-likeness (QED) is 0.335. The third-order valence-corrected chi connectivity index (χ3v) is 6.39. The van der Waals surface area contributed by atoms with Crippen LogP contribution < -0.4 is 0 Å². The Morgan fingerprint density at radius 3 is 2.22 bits per heavy atom. The molecule has 0 N–H and O–H groups in total. The molecule has 172 valence electrons. The zero-order valence-electron chi connectivity index (χ0n) is 18.8. The molecule has 0 spiro atoms. The van der Waals surface area contributed by atoms with Crippen molar-refractivity contribution < 1.29 is 17.9 Å². The zero-order chi connectivity index (χ0) is 23.0. The van der Waals surface area contributed by atoms with E-state index in [1.807, 2.05) is 37.3 Å². The number of hydrogen-bond acceptors (Lipinski definition) is 1. The Hall–Kier alpha value is -2.33. The number of alkyl halides is 3. The van der Waals surface area contributed by atoms with Crippen LogP contribution in [0.1, 0.15) is 73.4 Å². The van der Waals surface area contributed by atoms with Gasteiger partial charge in [-0.1, -0.05) is 66.8 Å². The summed E-state index contributed by atoms with van der Waals surface area (Å²) >= 11 is 0. The van der Waals surface area contributed by atoms with Gasteiger partial charge in [-0.15, -0.1) is 6.58 Å². The highest BCUT2D eigenvalue weighted by Crippen LogP contribution is 2.38. The SMILES string of the molecule is C=CC1CCC(c2ccc(COC(F)(F)C(F)c3ccc(CCC=CC)cc3)cc2)CC1. The lowest BCUT2D eigenvalue weighted by molar-refractivity contribution is -0.282. The fourth-order valence-corrected chi connectivity index (χ4v) is 4.29. The molecule has 3 rings (SSSR count). The summed E-state index contributed by atoms with van der Waals surface area (Å²) in [5, 5.41) is 0. The highest BCUT2D eigenvalue weighted by Gasteiger charge is 2.42. The van der Waals surface area contributed by atoms with Gasteiger partial charge in [0.1, 0.15) is 0 Å². The maximum absolute atomic E-state index is 14.5. The predicted molar refractivity (Wildman–Crippen MR) is 125 cm³/mol. The Morgan fingerprint density at radius 1 is 1.00 bits per heavy atom. The first-order valence-electron chi connectivity index (χ1n) is 11.5. The molecule has 1 fully saturated rings. The van der Waals surface area contributed by atoms with Crippen molar-refractivity contribution in [2.45, 2.75) is 70.3 Å². The van der Waals surface area contributed by atoms with Gasteiger partial charge in [0.05, 0.1) is 6.61 Å². The minimum atomic E-state index is -3.89. The molecule has 1 saturated carbocycles. The average molecular weight is 443 g/mol. The van der Waals surface area contributed by atoms with Gasteiger partial charge in [0, 0.05) is 0 Å². The van der Waals surface area contributed by atoms with E-state index in [4.69, 9.17) is 4.74 Å². The van der Waals surface area contributed by atoms with Gasteiger partial charge in [-0.2, -0.15) is 8.78 Å². The zero-order valence-corrected chi connectivity index (χ0v) is 18.8. The van der Waals surface area contributed by atoms with Crippen molar-refractivity contribution in [3.63, 3.8) is 0 Å². The van der Waals surface area contributed by atoms with E-state index < -0.39 is 12.3 Å². The van der Waals surface area contributed by atoms with Gasteiger partial charge in [-0.05, 0) is 79.5 Å². The molecule has 1 nitrogen and oxygen atoms in total. The molecular formula is C28H33F3O. The summed E-state index contributed by atoms with van der Waals surface area (Å²) in [6, 6.07) is 13.8. The molecule has 2 aromatic rings. The first-order valence-corrected chi connectivity index (χ1v) is 11.5. The fourth-order valence-electron chi connectivity index (χ4n) is 4.29. The van der Waals surface area contributed by atoms with Crippen LogP contribution >= 0.6 is 0 Å². The first kappa shape index (κ1) is 24.3. The lowest BCUT2D eigenvalue weighted by Crippen LogP contribution is -2.27. The van der Waals surface area contributed by atoms with Crippen LogP contribution in [0.3, 0.4) is 0 Å². The van der Waals surface area contributed by atoms with Gasteiger partial charge in [0.25, 0.3) is 0 Å². The van der Waals surface area contributed by atoms with Crippen molar-refractivity contribution in [3.05, 3.63) is 95.6 Å². The van der Waals surface area contributed by atoms with E-state index in [-0.39, 0.29) is 12.2 Å². The van der Waals surface area contributed by atoms with Crippen LogP contribution in [-0.2, 0) is 17.8 Å². The number of halogens is 3. The van der Waals surface area contributed by atoms with Crippen LogP contribution in [0, 0.1) is 5.92 Å². The van der Waals surface area contributed by atoms with Crippen molar-refractivity contribution in [2.24, 2.45) is 5.92 Å². The number of allylic oxidation sites excluding steroid dienone is 3. The molecule has 1 aliphatic rings. The molecule has 4 heteroatoms. The van der Waals surface area contributed by atoms with Gasteiger partial charge >= 0.3 is 6.11 Å². The van der Waals surface area contributed by atoms with E-state index in [0.29, 0.717) is 17.4 Å². The van der Waals surface area contributed by atoms with Crippen LogP contribution in [0.4, 0.5) is 13.2 Å². The maximum Gasteiger partial charge on any atom is 0.391 e. The number of ether oxygens (including phenoxy) is 1. The number of hydrogen-bond donors (Lipinski definition) is 0. The molecule has 0 saturated heterocycles. The Labute approximate surface area is 190 Å². The Kier molecular flexibility index (Phi) is 8.75. The summed E-state index contributed by atoms with van der Waals surface area (Å²) in [7, 11) is 0. The van der Waals surface area contributed by atoms with Gasteiger partial charge in [-0.25, -0.2) is 4.39 Å². The maximum atomic E-state index is 14.5. The minimum absolute atomic E-state index is 0.0738. The summed E-state index contributed by atoms with van der Waals surface area (Å²) in [6.07, 6.45) is 5.79. The molecule has 1 aliphatic carbocycles. The average Bonchev–Trinajstić information content (AvgIpc) is 2.83. The second kappa shape index (κ2) is 11.5. The van der Waals surface area contributed by atoms with Crippen molar-refractivity contribution >= 4 is 0 Å².